The number of rotatable bonds is 7. The molecule has 5 heteroatoms. The summed E-state index contributed by atoms with van der Waals surface area (Å²) in [6.07, 6.45) is 1.82. The van der Waals surface area contributed by atoms with Gasteiger partial charge in [0.1, 0.15) is 11.5 Å². The summed E-state index contributed by atoms with van der Waals surface area (Å²) in [4.78, 5) is 8.87. The minimum atomic E-state index is 0.268. The van der Waals surface area contributed by atoms with Crippen LogP contribution in [0.3, 0.4) is 0 Å². The van der Waals surface area contributed by atoms with Crippen molar-refractivity contribution >= 4 is 11.5 Å². The molecule has 0 radical (unpaired) electrons. The zero-order valence-corrected chi connectivity index (χ0v) is 12.7. The molecule has 0 aromatic carbocycles. The molecule has 0 aliphatic rings. The Kier molecular flexibility index (Phi) is 5.86. The van der Waals surface area contributed by atoms with E-state index >= 15 is 0 Å². The third kappa shape index (κ3) is 4.93. The molecule has 0 saturated heterocycles. The maximum absolute atomic E-state index is 6.07. The van der Waals surface area contributed by atoms with Crippen LogP contribution in [0, 0.1) is 5.92 Å². The molecule has 5 nitrogen and oxygen atoms in total. The highest BCUT2D eigenvalue weighted by Crippen LogP contribution is 2.27. The molecule has 108 valence electrons. The molecule has 0 amide bonds. The second-order valence-corrected chi connectivity index (χ2v) is 5.46. The molecule has 0 atom stereocenters. The Hall–Kier alpha value is -1.52. The summed E-state index contributed by atoms with van der Waals surface area (Å²) in [6, 6.07) is 0.268. The second kappa shape index (κ2) is 7.16. The van der Waals surface area contributed by atoms with Crippen molar-refractivity contribution < 1.29 is 4.74 Å². The topological polar surface area (TPSA) is 73.1 Å². The number of nitrogens with two attached hydrogens (primary N) is 1. The van der Waals surface area contributed by atoms with Crippen molar-refractivity contribution in [1.82, 2.24) is 9.97 Å². The van der Waals surface area contributed by atoms with E-state index in [0.29, 0.717) is 29.9 Å². The van der Waals surface area contributed by atoms with Crippen LogP contribution in [0.15, 0.2) is 0 Å². The van der Waals surface area contributed by atoms with Gasteiger partial charge in [0.2, 0.25) is 5.88 Å². The summed E-state index contributed by atoms with van der Waals surface area (Å²) < 4.78 is 5.69. The summed E-state index contributed by atoms with van der Waals surface area (Å²) in [5.41, 5.74) is 6.57. The van der Waals surface area contributed by atoms with E-state index in [1.165, 1.54) is 0 Å². The van der Waals surface area contributed by atoms with Gasteiger partial charge in [-0.25, -0.2) is 4.98 Å². The van der Waals surface area contributed by atoms with E-state index in [-0.39, 0.29) is 6.04 Å². The van der Waals surface area contributed by atoms with Crippen LogP contribution in [0.5, 0.6) is 5.88 Å². The first-order valence-corrected chi connectivity index (χ1v) is 6.99. The van der Waals surface area contributed by atoms with Crippen LogP contribution < -0.4 is 15.8 Å². The number of aromatic nitrogens is 2. The molecular weight excluding hydrogens is 240 g/mol. The Balaban J connectivity index is 3.01. The lowest BCUT2D eigenvalue weighted by atomic mass is 10.2. The molecule has 1 aromatic rings. The molecular formula is C14H26N4O. The molecule has 0 saturated carbocycles. The normalized spacial score (nSPS) is 11.1. The van der Waals surface area contributed by atoms with Gasteiger partial charge in [-0.3, -0.25) is 0 Å². The van der Waals surface area contributed by atoms with Crippen molar-refractivity contribution in [2.75, 3.05) is 17.7 Å². The molecule has 1 aromatic heterocycles. The first kappa shape index (κ1) is 15.5. The van der Waals surface area contributed by atoms with Crippen LogP contribution in [-0.2, 0) is 6.42 Å². The number of ether oxygens (including phenoxy) is 1. The minimum Gasteiger partial charge on any atom is -0.476 e. The van der Waals surface area contributed by atoms with Crippen LogP contribution in [0.1, 0.15) is 46.9 Å². The van der Waals surface area contributed by atoms with E-state index < -0.39 is 0 Å². The predicted molar refractivity (Wildman–Crippen MR) is 79.5 cm³/mol. The Morgan fingerprint density at radius 2 is 1.89 bits per heavy atom. The summed E-state index contributed by atoms with van der Waals surface area (Å²) in [5.74, 6) is 2.38. The Morgan fingerprint density at radius 3 is 2.42 bits per heavy atom. The summed E-state index contributed by atoms with van der Waals surface area (Å²) in [7, 11) is 0. The van der Waals surface area contributed by atoms with E-state index in [2.05, 4.69) is 49.9 Å². The van der Waals surface area contributed by atoms with Gasteiger partial charge in [0.25, 0.3) is 0 Å². The van der Waals surface area contributed by atoms with Crippen molar-refractivity contribution in [3.63, 3.8) is 0 Å². The van der Waals surface area contributed by atoms with E-state index in [0.717, 1.165) is 18.7 Å². The van der Waals surface area contributed by atoms with Gasteiger partial charge < -0.3 is 15.8 Å². The molecule has 0 fully saturated rings. The number of nitrogen functional groups attached to an aromatic ring is 1. The number of hydrogen-bond acceptors (Lipinski definition) is 5. The number of hydrogen-bond donors (Lipinski definition) is 2. The second-order valence-electron chi connectivity index (χ2n) is 5.46. The molecule has 0 aliphatic carbocycles. The van der Waals surface area contributed by atoms with Gasteiger partial charge in [-0.2, -0.15) is 4.98 Å². The Labute approximate surface area is 116 Å². The lowest BCUT2D eigenvalue weighted by Gasteiger charge is -2.16. The largest absolute Gasteiger partial charge is 0.476 e. The standard InChI is InChI=1S/C14H26N4O/c1-6-7-11-17-13(16-10(4)5)12(15)14(18-11)19-8-9(2)3/h9-10H,6-8,15H2,1-5H3,(H,16,17,18). The predicted octanol–water partition coefficient (Wildman–Crippen LogP) is 2.87. The third-order valence-corrected chi connectivity index (χ3v) is 2.41. The molecule has 1 rings (SSSR count). The lowest BCUT2D eigenvalue weighted by Crippen LogP contribution is -2.16. The monoisotopic (exact) mass is 266 g/mol. The van der Waals surface area contributed by atoms with Crippen LogP contribution >= 0.6 is 0 Å². The zero-order valence-electron chi connectivity index (χ0n) is 12.7. The quantitative estimate of drug-likeness (QED) is 0.794. The van der Waals surface area contributed by atoms with Crippen LogP contribution in [0.2, 0.25) is 0 Å². The van der Waals surface area contributed by atoms with Gasteiger partial charge in [0.05, 0.1) is 6.61 Å². The van der Waals surface area contributed by atoms with Gasteiger partial charge in [-0.1, -0.05) is 20.8 Å². The van der Waals surface area contributed by atoms with Crippen molar-refractivity contribution in [1.29, 1.82) is 0 Å². The molecule has 0 spiro atoms. The number of nitrogens with one attached hydrogen (secondary N) is 1. The zero-order chi connectivity index (χ0) is 14.4. The van der Waals surface area contributed by atoms with Gasteiger partial charge in [-0.15, -0.1) is 0 Å². The highest BCUT2D eigenvalue weighted by Gasteiger charge is 2.14. The van der Waals surface area contributed by atoms with Gasteiger partial charge in [-0.05, 0) is 26.2 Å². The summed E-state index contributed by atoms with van der Waals surface area (Å²) in [5, 5.41) is 3.24. The van der Waals surface area contributed by atoms with Gasteiger partial charge in [0.15, 0.2) is 5.82 Å². The third-order valence-electron chi connectivity index (χ3n) is 2.41. The average Bonchev–Trinajstić information content (AvgIpc) is 2.31. The van der Waals surface area contributed by atoms with Crippen molar-refractivity contribution in [3.05, 3.63) is 5.82 Å². The van der Waals surface area contributed by atoms with Crippen molar-refractivity contribution in [2.24, 2.45) is 5.92 Å². The molecule has 3 N–H and O–H groups in total. The van der Waals surface area contributed by atoms with E-state index in [9.17, 15) is 0 Å². The van der Waals surface area contributed by atoms with Crippen LogP contribution in [0.25, 0.3) is 0 Å². The van der Waals surface area contributed by atoms with E-state index in [1.807, 2.05) is 0 Å². The van der Waals surface area contributed by atoms with Crippen LogP contribution in [0.4, 0.5) is 11.5 Å². The molecule has 0 unspecified atom stereocenters. The number of anilines is 2. The fourth-order valence-corrected chi connectivity index (χ4v) is 1.57. The average molecular weight is 266 g/mol. The first-order chi connectivity index (χ1) is 8.93. The molecule has 19 heavy (non-hydrogen) atoms. The fraction of sp³-hybridized carbons (Fsp3) is 0.714. The Bertz CT molecular complexity index is 405. The molecule has 1 heterocycles. The van der Waals surface area contributed by atoms with Gasteiger partial charge >= 0.3 is 0 Å². The minimum absolute atomic E-state index is 0.268. The van der Waals surface area contributed by atoms with Crippen molar-refractivity contribution in [2.45, 2.75) is 53.5 Å². The molecule has 0 aliphatic heterocycles. The van der Waals surface area contributed by atoms with Crippen LogP contribution in [-0.4, -0.2) is 22.6 Å². The van der Waals surface area contributed by atoms with Crippen molar-refractivity contribution in [3.8, 4) is 5.88 Å². The smallest absolute Gasteiger partial charge is 0.242 e. The maximum atomic E-state index is 6.07. The SMILES string of the molecule is CCCc1nc(NC(C)C)c(N)c(OCC(C)C)n1. The summed E-state index contributed by atoms with van der Waals surface area (Å²) in [6.45, 7) is 11.0. The maximum Gasteiger partial charge on any atom is 0.242 e. The highest BCUT2D eigenvalue weighted by molar-refractivity contribution is 5.67. The molecule has 0 bridgehead atoms. The Morgan fingerprint density at radius 1 is 1.21 bits per heavy atom. The highest BCUT2D eigenvalue weighted by atomic mass is 16.5. The summed E-state index contributed by atoms with van der Waals surface area (Å²) >= 11 is 0. The van der Waals surface area contributed by atoms with E-state index in [1.54, 1.807) is 0 Å². The first-order valence-electron chi connectivity index (χ1n) is 6.99. The van der Waals surface area contributed by atoms with Gasteiger partial charge in [0, 0.05) is 12.5 Å². The fourth-order valence-electron chi connectivity index (χ4n) is 1.57. The van der Waals surface area contributed by atoms with E-state index in [4.69, 9.17) is 10.5 Å². The number of aryl methyl sites for hydroxylation is 1. The lowest BCUT2D eigenvalue weighted by molar-refractivity contribution is 0.262. The number of nitrogens with zero attached hydrogens (tertiary/aromatic N) is 2.